The molecule has 0 radical (unpaired) electrons. The number of benzene rings is 2. The van der Waals surface area contributed by atoms with Crippen molar-refractivity contribution in [2.45, 2.75) is 25.8 Å². The van der Waals surface area contributed by atoms with Gasteiger partial charge in [0.25, 0.3) is 0 Å². The molecular weight excluding hydrogens is 206 g/mol. The van der Waals surface area contributed by atoms with E-state index in [2.05, 4.69) is 42.2 Å². The number of nitrogens with two attached hydrogens (primary N) is 1. The lowest BCUT2D eigenvalue weighted by atomic mass is 10.00. The molecule has 0 saturated carbocycles. The lowest BCUT2D eigenvalue weighted by Crippen LogP contribution is -2.10. The van der Waals surface area contributed by atoms with Crippen LogP contribution in [0.3, 0.4) is 0 Å². The van der Waals surface area contributed by atoms with E-state index in [1.54, 1.807) is 0 Å². The number of aryl methyl sites for hydroxylation is 2. The van der Waals surface area contributed by atoms with Gasteiger partial charge in [0, 0.05) is 5.56 Å². The predicted octanol–water partition coefficient (Wildman–Crippen LogP) is 2.64. The molecule has 0 bridgehead atoms. The smallest absolute Gasteiger partial charge is 0.0639 e. The second kappa shape index (κ2) is 3.91. The monoisotopic (exact) mass is 221 g/mol. The molecular formula is C16H15N. The first kappa shape index (κ1) is 10.4. The molecule has 1 unspecified atom stereocenters. The summed E-state index contributed by atoms with van der Waals surface area (Å²) in [4.78, 5) is 0. The Kier molecular flexibility index (Phi) is 2.39. The second-order valence-electron chi connectivity index (χ2n) is 4.67. The Morgan fingerprint density at radius 3 is 2.65 bits per heavy atom. The summed E-state index contributed by atoms with van der Waals surface area (Å²) in [5.41, 5.74) is 9.70. The summed E-state index contributed by atoms with van der Waals surface area (Å²) in [6, 6.07) is 10.8. The van der Waals surface area contributed by atoms with E-state index < -0.39 is 0 Å². The summed E-state index contributed by atoms with van der Waals surface area (Å²) in [6.45, 7) is 1.91. The molecule has 0 amide bonds. The Bertz CT molecular complexity index is 631. The standard InChI is InChI=1S/C16H15N/c1-11(17)5-6-12-7-8-14-10-9-13-3-2-4-15(12)16(13)14/h2-4,7-8,11H,9-10,17H2,1H3. The van der Waals surface area contributed by atoms with Gasteiger partial charge in [0.05, 0.1) is 6.04 Å². The molecule has 2 aromatic carbocycles. The van der Waals surface area contributed by atoms with Gasteiger partial charge in [0.15, 0.2) is 0 Å². The van der Waals surface area contributed by atoms with Crippen LogP contribution in [0.4, 0.5) is 0 Å². The van der Waals surface area contributed by atoms with Crippen molar-refractivity contribution in [3.63, 3.8) is 0 Å². The van der Waals surface area contributed by atoms with E-state index in [0.29, 0.717) is 0 Å². The maximum absolute atomic E-state index is 5.68. The zero-order valence-corrected chi connectivity index (χ0v) is 9.96. The third-order valence-electron chi connectivity index (χ3n) is 3.31. The number of rotatable bonds is 0. The first-order valence-electron chi connectivity index (χ1n) is 6.06. The largest absolute Gasteiger partial charge is 0.318 e. The van der Waals surface area contributed by atoms with Crippen LogP contribution in [-0.2, 0) is 12.8 Å². The van der Waals surface area contributed by atoms with E-state index >= 15 is 0 Å². The van der Waals surface area contributed by atoms with Crippen LogP contribution in [0.5, 0.6) is 0 Å². The zero-order valence-electron chi connectivity index (χ0n) is 9.96. The Morgan fingerprint density at radius 1 is 1.12 bits per heavy atom. The van der Waals surface area contributed by atoms with Crippen molar-refractivity contribution in [2.75, 3.05) is 0 Å². The van der Waals surface area contributed by atoms with Gasteiger partial charge in [0.1, 0.15) is 0 Å². The van der Waals surface area contributed by atoms with Crippen LogP contribution >= 0.6 is 0 Å². The van der Waals surface area contributed by atoms with Gasteiger partial charge in [-0.1, -0.05) is 36.1 Å². The summed E-state index contributed by atoms with van der Waals surface area (Å²) in [6.07, 6.45) is 2.33. The van der Waals surface area contributed by atoms with Crippen molar-refractivity contribution in [1.29, 1.82) is 0 Å². The molecule has 0 aromatic heterocycles. The van der Waals surface area contributed by atoms with Gasteiger partial charge in [-0.25, -0.2) is 0 Å². The highest BCUT2D eigenvalue weighted by molar-refractivity contribution is 5.94. The van der Waals surface area contributed by atoms with E-state index in [1.807, 2.05) is 6.92 Å². The third-order valence-corrected chi connectivity index (χ3v) is 3.31. The second-order valence-corrected chi connectivity index (χ2v) is 4.67. The lowest BCUT2D eigenvalue weighted by Gasteiger charge is -2.04. The molecule has 1 heteroatoms. The van der Waals surface area contributed by atoms with Gasteiger partial charge >= 0.3 is 0 Å². The third kappa shape index (κ3) is 1.71. The van der Waals surface area contributed by atoms with Crippen molar-refractivity contribution >= 4 is 10.8 Å². The molecule has 0 fully saturated rings. The van der Waals surface area contributed by atoms with Crippen molar-refractivity contribution in [3.8, 4) is 11.8 Å². The maximum atomic E-state index is 5.68. The highest BCUT2D eigenvalue weighted by Crippen LogP contribution is 2.32. The highest BCUT2D eigenvalue weighted by Gasteiger charge is 2.14. The van der Waals surface area contributed by atoms with Crippen molar-refractivity contribution in [3.05, 3.63) is 47.0 Å². The highest BCUT2D eigenvalue weighted by atomic mass is 14.6. The fourth-order valence-electron chi connectivity index (χ4n) is 2.55. The minimum atomic E-state index is -0.0713. The quantitative estimate of drug-likeness (QED) is 0.680. The Balaban J connectivity index is 2.26. The number of hydrogen-bond acceptors (Lipinski definition) is 1. The molecule has 0 heterocycles. The van der Waals surface area contributed by atoms with Crippen LogP contribution in [0, 0.1) is 11.8 Å². The SMILES string of the molecule is CC(N)C#Cc1ccc2c3c(cccc13)CC2. The Hall–Kier alpha value is -1.78. The molecule has 1 aliphatic rings. The fourth-order valence-corrected chi connectivity index (χ4v) is 2.55. The van der Waals surface area contributed by atoms with E-state index in [1.165, 1.54) is 21.9 Å². The molecule has 2 aromatic rings. The first-order chi connectivity index (χ1) is 8.25. The molecule has 84 valence electrons. The Morgan fingerprint density at radius 2 is 1.88 bits per heavy atom. The van der Waals surface area contributed by atoms with Crippen LogP contribution in [0.25, 0.3) is 10.8 Å². The first-order valence-corrected chi connectivity index (χ1v) is 6.06. The van der Waals surface area contributed by atoms with Crippen LogP contribution in [-0.4, -0.2) is 6.04 Å². The minimum Gasteiger partial charge on any atom is -0.318 e. The van der Waals surface area contributed by atoms with Gasteiger partial charge in [-0.3, -0.25) is 0 Å². The zero-order chi connectivity index (χ0) is 11.8. The average Bonchev–Trinajstić information content (AvgIpc) is 2.74. The molecule has 1 aliphatic carbocycles. The van der Waals surface area contributed by atoms with Crippen molar-refractivity contribution in [1.82, 2.24) is 0 Å². The van der Waals surface area contributed by atoms with Gasteiger partial charge in [-0.05, 0) is 47.7 Å². The number of hydrogen-bond donors (Lipinski definition) is 1. The summed E-state index contributed by atoms with van der Waals surface area (Å²) in [5, 5.41) is 2.70. The van der Waals surface area contributed by atoms with Crippen molar-refractivity contribution in [2.24, 2.45) is 5.73 Å². The van der Waals surface area contributed by atoms with Crippen LogP contribution in [0.2, 0.25) is 0 Å². The van der Waals surface area contributed by atoms with E-state index in [0.717, 1.165) is 18.4 Å². The summed E-state index contributed by atoms with van der Waals surface area (Å²) < 4.78 is 0. The van der Waals surface area contributed by atoms with Crippen LogP contribution < -0.4 is 5.73 Å². The van der Waals surface area contributed by atoms with Gasteiger partial charge in [0.2, 0.25) is 0 Å². The van der Waals surface area contributed by atoms with Gasteiger partial charge in [-0.2, -0.15) is 0 Å². The average molecular weight is 221 g/mol. The van der Waals surface area contributed by atoms with Crippen LogP contribution in [0.15, 0.2) is 30.3 Å². The van der Waals surface area contributed by atoms with Crippen molar-refractivity contribution < 1.29 is 0 Å². The molecule has 1 atom stereocenters. The van der Waals surface area contributed by atoms with E-state index in [9.17, 15) is 0 Å². The molecule has 1 nitrogen and oxygen atoms in total. The molecule has 0 saturated heterocycles. The topological polar surface area (TPSA) is 26.0 Å². The summed E-state index contributed by atoms with van der Waals surface area (Å²) >= 11 is 0. The maximum Gasteiger partial charge on any atom is 0.0639 e. The summed E-state index contributed by atoms with van der Waals surface area (Å²) in [5.74, 6) is 6.24. The molecule has 3 rings (SSSR count). The minimum absolute atomic E-state index is 0.0713. The van der Waals surface area contributed by atoms with Gasteiger partial charge in [-0.15, -0.1) is 0 Å². The lowest BCUT2D eigenvalue weighted by molar-refractivity contribution is 0.959. The Labute approximate surface area is 102 Å². The van der Waals surface area contributed by atoms with E-state index in [-0.39, 0.29) is 6.04 Å². The molecule has 2 N–H and O–H groups in total. The normalized spacial score (nSPS) is 14.5. The fraction of sp³-hybridized carbons (Fsp3) is 0.250. The molecule has 0 aliphatic heterocycles. The molecule has 17 heavy (non-hydrogen) atoms. The summed E-state index contributed by atoms with van der Waals surface area (Å²) in [7, 11) is 0. The predicted molar refractivity (Wildman–Crippen MR) is 71.9 cm³/mol. The van der Waals surface area contributed by atoms with Gasteiger partial charge < -0.3 is 5.73 Å². The van der Waals surface area contributed by atoms with E-state index in [4.69, 9.17) is 5.73 Å². The molecule has 0 spiro atoms. The van der Waals surface area contributed by atoms with Crippen LogP contribution in [0.1, 0.15) is 23.6 Å².